The number of nitrogens with zero attached hydrogens (tertiary/aromatic N) is 1. The van der Waals surface area contributed by atoms with Crippen LogP contribution in [-0.4, -0.2) is 23.7 Å². The fraction of sp³-hybridized carbons (Fsp3) is 0.615. The first kappa shape index (κ1) is 13.1. The molecule has 0 saturated carbocycles. The molecule has 1 rings (SSSR count). The van der Waals surface area contributed by atoms with Crippen LogP contribution in [0.1, 0.15) is 39.3 Å². The zero-order valence-corrected chi connectivity index (χ0v) is 10.7. The Morgan fingerprint density at radius 3 is 2.75 bits per heavy atom. The minimum Gasteiger partial charge on any atom is -0.375 e. The first-order valence-corrected chi connectivity index (χ1v) is 5.76. The summed E-state index contributed by atoms with van der Waals surface area (Å²) >= 11 is 0. The molecule has 0 fully saturated rings. The smallest absolute Gasteiger partial charge is 0.0599 e. The van der Waals surface area contributed by atoms with Gasteiger partial charge >= 0.3 is 0 Å². The molecule has 1 aromatic rings. The standard InChI is InChI=1S/C13H22N2O/c1-11(12-6-5-7-14-10-12)15-8-9-16-13(2,3)4/h5-7,10-11,15H,8-9H2,1-4H3/t11-/m1/s1. The number of nitrogens with one attached hydrogen (secondary N) is 1. The van der Waals surface area contributed by atoms with Gasteiger partial charge in [-0.05, 0) is 39.3 Å². The molecule has 0 aliphatic heterocycles. The summed E-state index contributed by atoms with van der Waals surface area (Å²) < 4.78 is 5.64. The lowest BCUT2D eigenvalue weighted by Gasteiger charge is -2.21. The number of ether oxygens (including phenoxy) is 1. The topological polar surface area (TPSA) is 34.1 Å². The van der Waals surface area contributed by atoms with Crippen LogP contribution < -0.4 is 5.32 Å². The highest BCUT2D eigenvalue weighted by atomic mass is 16.5. The van der Waals surface area contributed by atoms with Crippen molar-refractivity contribution in [1.29, 1.82) is 0 Å². The van der Waals surface area contributed by atoms with Crippen molar-refractivity contribution in [2.75, 3.05) is 13.2 Å². The maximum absolute atomic E-state index is 5.64. The monoisotopic (exact) mass is 222 g/mol. The summed E-state index contributed by atoms with van der Waals surface area (Å²) in [5.74, 6) is 0. The highest BCUT2D eigenvalue weighted by Crippen LogP contribution is 2.10. The predicted octanol–water partition coefficient (Wildman–Crippen LogP) is 2.55. The molecule has 1 heterocycles. The van der Waals surface area contributed by atoms with Gasteiger partial charge in [0.25, 0.3) is 0 Å². The number of rotatable bonds is 5. The lowest BCUT2D eigenvalue weighted by atomic mass is 10.1. The second-order valence-electron chi connectivity index (χ2n) is 4.92. The molecule has 3 heteroatoms. The Labute approximate surface area is 98.2 Å². The Bertz CT molecular complexity index is 293. The highest BCUT2D eigenvalue weighted by molar-refractivity contribution is 5.12. The fourth-order valence-corrected chi connectivity index (χ4v) is 1.38. The van der Waals surface area contributed by atoms with Crippen molar-refractivity contribution in [2.45, 2.75) is 39.3 Å². The average molecular weight is 222 g/mol. The third kappa shape index (κ3) is 5.24. The van der Waals surface area contributed by atoms with Gasteiger partial charge in [-0.15, -0.1) is 0 Å². The van der Waals surface area contributed by atoms with Crippen molar-refractivity contribution < 1.29 is 4.74 Å². The summed E-state index contributed by atoms with van der Waals surface area (Å²) in [5.41, 5.74) is 1.15. The molecule has 16 heavy (non-hydrogen) atoms. The molecule has 0 unspecified atom stereocenters. The minimum atomic E-state index is -0.0563. The van der Waals surface area contributed by atoms with Crippen molar-refractivity contribution in [3.8, 4) is 0 Å². The number of hydrogen-bond acceptors (Lipinski definition) is 3. The molecule has 1 aromatic heterocycles. The van der Waals surface area contributed by atoms with Gasteiger partial charge in [0.05, 0.1) is 12.2 Å². The summed E-state index contributed by atoms with van der Waals surface area (Å²) in [6.45, 7) is 9.92. The summed E-state index contributed by atoms with van der Waals surface area (Å²) in [6, 6.07) is 4.35. The third-order valence-corrected chi connectivity index (χ3v) is 2.27. The molecule has 0 radical (unpaired) electrons. The maximum Gasteiger partial charge on any atom is 0.0599 e. The Morgan fingerprint density at radius 1 is 1.44 bits per heavy atom. The van der Waals surface area contributed by atoms with E-state index in [2.05, 4.69) is 44.1 Å². The molecule has 3 nitrogen and oxygen atoms in total. The minimum absolute atomic E-state index is 0.0563. The Hall–Kier alpha value is -0.930. The van der Waals surface area contributed by atoms with Gasteiger partial charge in [-0.25, -0.2) is 0 Å². The second-order valence-corrected chi connectivity index (χ2v) is 4.92. The van der Waals surface area contributed by atoms with E-state index in [-0.39, 0.29) is 5.60 Å². The zero-order chi connectivity index (χ0) is 12.0. The van der Waals surface area contributed by atoms with E-state index in [1.54, 1.807) is 6.20 Å². The summed E-state index contributed by atoms with van der Waals surface area (Å²) in [7, 11) is 0. The summed E-state index contributed by atoms with van der Waals surface area (Å²) in [5, 5.41) is 3.41. The average Bonchev–Trinajstić information content (AvgIpc) is 2.24. The third-order valence-electron chi connectivity index (χ3n) is 2.27. The van der Waals surface area contributed by atoms with Gasteiger partial charge < -0.3 is 10.1 Å². The normalized spacial score (nSPS) is 13.8. The molecule has 0 spiro atoms. The molecule has 0 amide bonds. The molecule has 0 aliphatic carbocycles. The van der Waals surface area contributed by atoms with Gasteiger partial charge in [-0.2, -0.15) is 0 Å². The van der Waals surface area contributed by atoms with Gasteiger partial charge in [-0.1, -0.05) is 6.07 Å². The van der Waals surface area contributed by atoms with Crippen LogP contribution in [-0.2, 0) is 4.74 Å². The van der Waals surface area contributed by atoms with Gasteiger partial charge in [0.1, 0.15) is 0 Å². The van der Waals surface area contributed by atoms with Crippen molar-refractivity contribution in [1.82, 2.24) is 10.3 Å². The van der Waals surface area contributed by atoms with E-state index in [1.165, 1.54) is 5.56 Å². The molecule has 1 N–H and O–H groups in total. The number of aromatic nitrogens is 1. The lowest BCUT2D eigenvalue weighted by molar-refractivity contribution is -0.00149. The quantitative estimate of drug-likeness (QED) is 0.777. The van der Waals surface area contributed by atoms with E-state index < -0.39 is 0 Å². The molecule has 0 aliphatic rings. The number of hydrogen-bond donors (Lipinski definition) is 1. The van der Waals surface area contributed by atoms with E-state index in [0.717, 1.165) is 13.2 Å². The van der Waals surface area contributed by atoms with E-state index in [9.17, 15) is 0 Å². The van der Waals surface area contributed by atoms with E-state index in [1.807, 2.05) is 12.3 Å². The van der Waals surface area contributed by atoms with Crippen LogP contribution in [0.25, 0.3) is 0 Å². The Balaban J connectivity index is 2.24. The largest absolute Gasteiger partial charge is 0.375 e. The molecule has 0 bridgehead atoms. The van der Waals surface area contributed by atoms with Gasteiger partial charge in [0.15, 0.2) is 0 Å². The van der Waals surface area contributed by atoms with Crippen LogP contribution in [0.15, 0.2) is 24.5 Å². The van der Waals surface area contributed by atoms with Crippen LogP contribution >= 0.6 is 0 Å². The SMILES string of the molecule is C[C@@H](NCCOC(C)(C)C)c1cccnc1. The van der Waals surface area contributed by atoms with Crippen LogP contribution in [0.2, 0.25) is 0 Å². The fourth-order valence-electron chi connectivity index (χ4n) is 1.38. The Kier molecular flexibility index (Phi) is 4.90. The maximum atomic E-state index is 5.64. The molecule has 0 saturated heterocycles. The van der Waals surface area contributed by atoms with Crippen molar-refractivity contribution in [3.05, 3.63) is 30.1 Å². The first-order valence-electron chi connectivity index (χ1n) is 5.76. The summed E-state index contributed by atoms with van der Waals surface area (Å²) in [4.78, 5) is 4.10. The molecular weight excluding hydrogens is 200 g/mol. The zero-order valence-electron chi connectivity index (χ0n) is 10.7. The number of pyridine rings is 1. The molecular formula is C13H22N2O. The molecule has 90 valence electrons. The lowest BCUT2D eigenvalue weighted by Crippen LogP contribution is -2.28. The van der Waals surface area contributed by atoms with E-state index >= 15 is 0 Å². The van der Waals surface area contributed by atoms with Crippen LogP contribution in [0.3, 0.4) is 0 Å². The first-order chi connectivity index (χ1) is 7.49. The van der Waals surface area contributed by atoms with Crippen molar-refractivity contribution in [3.63, 3.8) is 0 Å². The van der Waals surface area contributed by atoms with Crippen molar-refractivity contribution in [2.24, 2.45) is 0 Å². The second kappa shape index (κ2) is 5.97. The van der Waals surface area contributed by atoms with Gasteiger partial charge in [0, 0.05) is 25.0 Å². The van der Waals surface area contributed by atoms with Crippen molar-refractivity contribution >= 4 is 0 Å². The molecule has 0 aromatic carbocycles. The Morgan fingerprint density at radius 2 is 2.19 bits per heavy atom. The van der Waals surface area contributed by atoms with Crippen LogP contribution in [0.4, 0.5) is 0 Å². The van der Waals surface area contributed by atoms with Gasteiger partial charge in [0.2, 0.25) is 0 Å². The molecule has 1 atom stereocenters. The predicted molar refractivity (Wildman–Crippen MR) is 66.4 cm³/mol. The van der Waals surface area contributed by atoms with Crippen LogP contribution in [0, 0.1) is 0 Å². The highest BCUT2D eigenvalue weighted by Gasteiger charge is 2.09. The van der Waals surface area contributed by atoms with Crippen LogP contribution in [0.5, 0.6) is 0 Å². The van der Waals surface area contributed by atoms with E-state index in [0.29, 0.717) is 6.04 Å². The summed E-state index contributed by atoms with van der Waals surface area (Å²) in [6.07, 6.45) is 3.68. The van der Waals surface area contributed by atoms with Gasteiger partial charge in [-0.3, -0.25) is 4.98 Å². The van der Waals surface area contributed by atoms with E-state index in [4.69, 9.17) is 4.74 Å².